The maximum Gasteiger partial charge on any atom is 0.220 e. The Morgan fingerprint density at radius 2 is 1.80 bits per heavy atom. The number of rotatable bonds is 8. The highest BCUT2D eigenvalue weighted by Gasteiger charge is 2.08. The first kappa shape index (κ1) is 16.5. The Balaban J connectivity index is 2.21. The molecular formula is C17H27NO2. The molecular weight excluding hydrogens is 250 g/mol. The molecule has 20 heavy (non-hydrogen) atoms. The summed E-state index contributed by atoms with van der Waals surface area (Å²) in [6.45, 7) is 7.28. The number of phenolic OH excluding ortho intramolecular Hbond substituents is 1. The van der Waals surface area contributed by atoms with E-state index in [-0.39, 0.29) is 11.7 Å². The molecule has 0 radical (unpaired) electrons. The average molecular weight is 277 g/mol. The molecule has 0 saturated heterocycles. The minimum absolute atomic E-state index is 0.138. The first-order chi connectivity index (χ1) is 9.49. The van der Waals surface area contributed by atoms with Crippen LogP contribution >= 0.6 is 0 Å². The van der Waals surface area contributed by atoms with Gasteiger partial charge in [-0.2, -0.15) is 0 Å². The topological polar surface area (TPSA) is 49.3 Å². The Kier molecular flexibility index (Phi) is 7.13. The molecule has 1 rings (SSSR count). The van der Waals surface area contributed by atoms with Crippen LogP contribution in [0, 0.1) is 5.92 Å². The summed E-state index contributed by atoms with van der Waals surface area (Å²) in [5, 5.41) is 12.2. The number of hydrogen-bond donors (Lipinski definition) is 2. The second kappa shape index (κ2) is 8.62. The lowest BCUT2D eigenvalue weighted by molar-refractivity contribution is -0.121. The summed E-state index contributed by atoms with van der Waals surface area (Å²) in [4.78, 5) is 11.7. The van der Waals surface area contributed by atoms with E-state index in [9.17, 15) is 9.90 Å². The molecule has 2 N–H and O–H groups in total. The van der Waals surface area contributed by atoms with Crippen molar-refractivity contribution < 1.29 is 9.90 Å². The molecule has 0 heterocycles. The maximum atomic E-state index is 11.7. The van der Waals surface area contributed by atoms with Crippen LogP contribution in [-0.2, 0) is 4.79 Å². The average Bonchev–Trinajstić information content (AvgIpc) is 2.41. The highest BCUT2D eigenvalue weighted by Crippen LogP contribution is 2.22. The molecule has 3 heteroatoms. The van der Waals surface area contributed by atoms with Crippen molar-refractivity contribution in [3.63, 3.8) is 0 Å². The maximum absolute atomic E-state index is 11.7. The van der Waals surface area contributed by atoms with Crippen LogP contribution < -0.4 is 5.32 Å². The number of carbonyl (C=O) groups is 1. The van der Waals surface area contributed by atoms with Crippen molar-refractivity contribution in [1.82, 2.24) is 5.32 Å². The largest absolute Gasteiger partial charge is 0.508 e. The molecule has 0 bridgehead atoms. The Hall–Kier alpha value is -1.51. The SMILES string of the molecule is CC(C)CCCNC(=O)CCC(C)c1ccc(O)cc1. The van der Waals surface area contributed by atoms with Crippen LogP contribution in [0.25, 0.3) is 0 Å². The number of nitrogens with one attached hydrogen (secondary N) is 1. The van der Waals surface area contributed by atoms with Gasteiger partial charge >= 0.3 is 0 Å². The fraction of sp³-hybridized carbons (Fsp3) is 0.588. The fourth-order valence-corrected chi connectivity index (χ4v) is 2.14. The predicted molar refractivity (Wildman–Crippen MR) is 82.8 cm³/mol. The molecule has 0 fully saturated rings. The molecule has 0 aliphatic rings. The van der Waals surface area contributed by atoms with E-state index in [1.165, 1.54) is 0 Å². The van der Waals surface area contributed by atoms with Crippen LogP contribution in [0.15, 0.2) is 24.3 Å². The second-order valence-electron chi connectivity index (χ2n) is 5.92. The number of carbonyl (C=O) groups excluding carboxylic acids is 1. The summed E-state index contributed by atoms with van der Waals surface area (Å²) in [5.74, 6) is 1.45. The number of phenols is 1. The van der Waals surface area contributed by atoms with Gasteiger partial charge in [0, 0.05) is 13.0 Å². The van der Waals surface area contributed by atoms with Gasteiger partial charge in [0.25, 0.3) is 0 Å². The molecule has 112 valence electrons. The second-order valence-corrected chi connectivity index (χ2v) is 5.92. The summed E-state index contributed by atoms with van der Waals surface area (Å²) in [7, 11) is 0. The fourth-order valence-electron chi connectivity index (χ4n) is 2.14. The van der Waals surface area contributed by atoms with Crippen molar-refractivity contribution in [3.05, 3.63) is 29.8 Å². The van der Waals surface area contributed by atoms with Gasteiger partial charge < -0.3 is 10.4 Å². The van der Waals surface area contributed by atoms with E-state index in [4.69, 9.17) is 0 Å². The Labute approximate surface area is 122 Å². The van der Waals surface area contributed by atoms with Gasteiger partial charge in [-0.1, -0.05) is 32.9 Å². The van der Waals surface area contributed by atoms with Gasteiger partial charge in [-0.3, -0.25) is 4.79 Å². The minimum atomic E-state index is 0.138. The third-order valence-electron chi connectivity index (χ3n) is 3.55. The van der Waals surface area contributed by atoms with Gasteiger partial charge in [-0.25, -0.2) is 0 Å². The van der Waals surface area contributed by atoms with Crippen molar-refractivity contribution >= 4 is 5.91 Å². The normalized spacial score (nSPS) is 12.4. The van der Waals surface area contributed by atoms with Crippen LogP contribution in [0.3, 0.4) is 0 Å². The van der Waals surface area contributed by atoms with Crippen LogP contribution in [0.1, 0.15) is 57.9 Å². The smallest absolute Gasteiger partial charge is 0.220 e. The van der Waals surface area contributed by atoms with Crippen LogP contribution in [0.2, 0.25) is 0 Å². The molecule has 3 nitrogen and oxygen atoms in total. The molecule has 0 spiro atoms. The Bertz CT molecular complexity index is 398. The van der Waals surface area contributed by atoms with Gasteiger partial charge in [-0.05, 0) is 48.8 Å². The highest BCUT2D eigenvalue weighted by atomic mass is 16.3. The summed E-state index contributed by atoms with van der Waals surface area (Å²) >= 11 is 0. The zero-order chi connectivity index (χ0) is 15.0. The van der Waals surface area contributed by atoms with E-state index in [2.05, 4.69) is 26.1 Å². The molecule has 0 saturated carbocycles. The van der Waals surface area contributed by atoms with Gasteiger partial charge in [0.1, 0.15) is 5.75 Å². The van der Waals surface area contributed by atoms with Crippen molar-refractivity contribution in [2.45, 2.75) is 52.4 Å². The van der Waals surface area contributed by atoms with Crippen LogP contribution in [0.5, 0.6) is 5.75 Å². The quantitative estimate of drug-likeness (QED) is 0.709. The van der Waals surface area contributed by atoms with E-state index in [0.717, 1.165) is 31.4 Å². The lowest BCUT2D eigenvalue weighted by atomic mass is 9.96. The van der Waals surface area contributed by atoms with Crippen molar-refractivity contribution in [3.8, 4) is 5.75 Å². The van der Waals surface area contributed by atoms with Gasteiger partial charge in [0.15, 0.2) is 0 Å². The Morgan fingerprint density at radius 1 is 1.15 bits per heavy atom. The van der Waals surface area contributed by atoms with Gasteiger partial charge in [-0.15, -0.1) is 0 Å². The number of hydrogen-bond acceptors (Lipinski definition) is 2. The summed E-state index contributed by atoms with van der Waals surface area (Å²) in [5.41, 5.74) is 1.16. The first-order valence-corrected chi connectivity index (χ1v) is 7.54. The molecule has 1 aromatic rings. The molecule has 0 aliphatic heterocycles. The molecule has 1 unspecified atom stereocenters. The van der Waals surface area contributed by atoms with Crippen LogP contribution in [0.4, 0.5) is 0 Å². The first-order valence-electron chi connectivity index (χ1n) is 7.54. The molecule has 1 atom stereocenters. The molecule has 0 aliphatic carbocycles. The van der Waals surface area contributed by atoms with Crippen molar-refractivity contribution in [2.75, 3.05) is 6.54 Å². The summed E-state index contributed by atoms with van der Waals surface area (Å²) in [6.07, 6.45) is 3.60. The van der Waals surface area contributed by atoms with Crippen LogP contribution in [-0.4, -0.2) is 17.6 Å². The predicted octanol–water partition coefficient (Wildman–Crippen LogP) is 3.83. The zero-order valence-corrected chi connectivity index (χ0v) is 12.9. The van der Waals surface area contributed by atoms with E-state index >= 15 is 0 Å². The van der Waals surface area contributed by atoms with E-state index < -0.39 is 0 Å². The molecule has 1 aromatic carbocycles. The summed E-state index contributed by atoms with van der Waals surface area (Å²) in [6, 6.07) is 7.22. The monoisotopic (exact) mass is 277 g/mol. The van der Waals surface area contributed by atoms with E-state index in [1.54, 1.807) is 12.1 Å². The Morgan fingerprint density at radius 3 is 2.40 bits per heavy atom. The standard InChI is InChI=1S/C17H27NO2/c1-13(2)5-4-12-18-17(20)11-6-14(3)15-7-9-16(19)10-8-15/h7-10,13-14,19H,4-6,11-12H2,1-3H3,(H,18,20). The molecule has 1 amide bonds. The van der Waals surface area contributed by atoms with Crippen molar-refractivity contribution in [1.29, 1.82) is 0 Å². The van der Waals surface area contributed by atoms with E-state index in [0.29, 0.717) is 18.3 Å². The number of benzene rings is 1. The third-order valence-corrected chi connectivity index (χ3v) is 3.55. The zero-order valence-electron chi connectivity index (χ0n) is 12.9. The number of aromatic hydroxyl groups is 1. The lowest BCUT2D eigenvalue weighted by Crippen LogP contribution is -2.24. The minimum Gasteiger partial charge on any atom is -0.508 e. The van der Waals surface area contributed by atoms with Gasteiger partial charge in [0.2, 0.25) is 5.91 Å². The molecule has 0 aromatic heterocycles. The van der Waals surface area contributed by atoms with Crippen molar-refractivity contribution in [2.24, 2.45) is 5.92 Å². The van der Waals surface area contributed by atoms with Gasteiger partial charge in [0.05, 0.1) is 0 Å². The summed E-state index contributed by atoms with van der Waals surface area (Å²) < 4.78 is 0. The lowest BCUT2D eigenvalue weighted by Gasteiger charge is -2.12. The highest BCUT2D eigenvalue weighted by molar-refractivity contribution is 5.75. The number of amides is 1. The third kappa shape index (κ3) is 6.60. The van der Waals surface area contributed by atoms with E-state index in [1.807, 2.05) is 12.1 Å².